The maximum absolute atomic E-state index is 17.4. The molecule has 4 nitrogen and oxygen atoms in total. The third kappa shape index (κ3) is 5.49. The van der Waals surface area contributed by atoms with Crippen LogP contribution in [0.1, 0.15) is 115 Å². The van der Waals surface area contributed by atoms with Crippen LogP contribution in [0.3, 0.4) is 0 Å². The Bertz CT molecular complexity index is 3010. The van der Waals surface area contributed by atoms with Gasteiger partial charge in [0.25, 0.3) is 0 Å². The van der Waals surface area contributed by atoms with Crippen molar-refractivity contribution < 1.29 is 4.57 Å². The molecule has 2 saturated carbocycles. The van der Waals surface area contributed by atoms with E-state index in [4.69, 9.17) is 0 Å². The SMILES string of the molecule is CC(C)(C)c1ccc(N(c2ccc3c(c2)N(c2ccccc2)c2cc(C4CCCCC4)cc4c2P3(=O)c2cccc3c2N4C2(C)CCCCC32C)c2cccc3ccccc23)cc1. The summed E-state index contributed by atoms with van der Waals surface area (Å²) < 4.78 is 17.4. The standard InChI is InChI=1S/C58H58N3OP/c1-56(2,3)42-28-30-44(31-29-42)59(48-26-16-21-40-20-12-13-24-46(40)48)45-32-33-52-49(38-45)60(43-22-10-7-11-23-43)50-36-41(39-18-8-6-9-19-39)37-51-55(50)63(52,62)53-27-17-25-47-54(53)61(51)58(5)35-15-14-34-57(47,58)4/h7,10-13,16-17,20-33,36-39H,6,8-9,14-15,18-19,34-35H2,1-5H3. The van der Waals surface area contributed by atoms with Gasteiger partial charge in [-0.25, -0.2) is 0 Å². The molecule has 0 radical (unpaired) electrons. The molecule has 0 N–H and O–H groups in total. The van der Waals surface area contributed by atoms with Crippen molar-refractivity contribution in [1.82, 2.24) is 0 Å². The average Bonchev–Trinajstić information content (AvgIpc) is 3.52. The smallest absolute Gasteiger partial charge is 0.179 e. The summed E-state index contributed by atoms with van der Waals surface area (Å²) in [4.78, 5) is 7.64. The first-order valence-corrected chi connectivity index (χ1v) is 25.3. The molecule has 7 aromatic rings. The maximum Gasteiger partial charge on any atom is 0.179 e. The molecule has 0 amide bonds. The third-order valence-corrected chi connectivity index (χ3v) is 19.4. The highest BCUT2D eigenvalue weighted by Crippen LogP contribution is 2.69. The molecule has 2 fully saturated rings. The van der Waals surface area contributed by atoms with Gasteiger partial charge in [-0.3, -0.25) is 0 Å². The van der Waals surface area contributed by atoms with Crippen molar-refractivity contribution in [3.63, 3.8) is 0 Å². The number of fused-ring (bicyclic) bond motifs is 8. The van der Waals surface area contributed by atoms with Crippen LogP contribution in [-0.2, 0) is 15.4 Å². The maximum atomic E-state index is 17.4. The van der Waals surface area contributed by atoms with Gasteiger partial charge in [-0.05, 0) is 133 Å². The second-order valence-corrected chi connectivity index (χ2v) is 23.3. The Balaban J connectivity index is 1.16. The fraction of sp³-hybridized carbons (Fsp3) is 0.310. The van der Waals surface area contributed by atoms with Crippen molar-refractivity contribution in [2.75, 3.05) is 14.7 Å². The van der Waals surface area contributed by atoms with Crippen LogP contribution in [0.25, 0.3) is 10.8 Å². The number of para-hydroxylation sites is 2. The predicted molar refractivity (Wildman–Crippen MR) is 267 cm³/mol. The largest absolute Gasteiger partial charge is 0.333 e. The van der Waals surface area contributed by atoms with Gasteiger partial charge in [0.15, 0.2) is 7.14 Å². The minimum absolute atomic E-state index is 0.0273. The van der Waals surface area contributed by atoms with Crippen LogP contribution in [0.15, 0.2) is 146 Å². The molecule has 0 spiro atoms. The van der Waals surface area contributed by atoms with E-state index in [1.54, 1.807) is 0 Å². The molecule has 63 heavy (non-hydrogen) atoms. The van der Waals surface area contributed by atoms with E-state index in [0.717, 1.165) is 62.9 Å². The van der Waals surface area contributed by atoms with Crippen LogP contribution in [0.2, 0.25) is 0 Å². The van der Waals surface area contributed by atoms with Gasteiger partial charge in [-0.15, -0.1) is 0 Å². The molecule has 12 rings (SSSR count). The lowest BCUT2D eigenvalue weighted by atomic mass is 9.61. The summed E-state index contributed by atoms with van der Waals surface area (Å²) in [6.45, 7) is 11.9. The molecule has 0 aromatic heterocycles. The van der Waals surface area contributed by atoms with Crippen molar-refractivity contribution in [2.24, 2.45) is 0 Å². The molecule has 5 aliphatic rings. The van der Waals surface area contributed by atoms with Gasteiger partial charge in [0.05, 0.1) is 39.3 Å². The molecule has 0 bridgehead atoms. The van der Waals surface area contributed by atoms with E-state index in [1.165, 1.54) is 83.8 Å². The van der Waals surface area contributed by atoms with E-state index in [9.17, 15) is 0 Å². The van der Waals surface area contributed by atoms with Crippen molar-refractivity contribution in [2.45, 2.75) is 115 Å². The van der Waals surface area contributed by atoms with Gasteiger partial charge in [0.2, 0.25) is 0 Å². The second kappa shape index (κ2) is 14.0. The molecule has 3 unspecified atom stereocenters. The Morgan fingerprint density at radius 3 is 2.13 bits per heavy atom. The Morgan fingerprint density at radius 1 is 0.635 bits per heavy atom. The summed E-state index contributed by atoms with van der Waals surface area (Å²) in [5, 5.41) is 5.35. The lowest BCUT2D eigenvalue weighted by Gasteiger charge is -2.53. The average molecular weight is 844 g/mol. The van der Waals surface area contributed by atoms with Crippen LogP contribution >= 0.6 is 7.14 Å². The molecule has 316 valence electrons. The minimum atomic E-state index is -3.43. The van der Waals surface area contributed by atoms with E-state index in [-0.39, 0.29) is 16.4 Å². The Morgan fingerprint density at radius 2 is 1.33 bits per heavy atom. The van der Waals surface area contributed by atoms with Gasteiger partial charge in [0.1, 0.15) is 0 Å². The van der Waals surface area contributed by atoms with Crippen molar-refractivity contribution in [3.05, 3.63) is 162 Å². The number of nitrogens with zero attached hydrogens (tertiary/aromatic N) is 3. The van der Waals surface area contributed by atoms with Gasteiger partial charge < -0.3 is 19.3 Å². The van der Waals surface area contributed by atoms with Gasteiger partial charge in [0, 0.05) is 38.5 Å². The highest BCUT2D eigenvalue weighted by molar-refractivity contribution is 7.86. The monoisotopic (exact) mass is 843 g/mol. The first-order valence-electron chi connectivity index (χ1n) is 23.6. The normalized spacial score (nSPS) is 23.5. The van der Waals surface area contributed by atoms with Gasteiger partial charge in [-0.2, -0.15) is 0 Å². The second-order valence-electron chi connectivity index (χ2n) is 20.6. The van der Waals surface area contributed by atoms with Gasteiger partial charge in [-0.1, -0.05) is 139 Å². The molecule has 5 heteroatoms. The number of hydrogen-bond donors (Lipinski definition) is 0. The zero-order chi connectivity index (χ0) is 42.9. The van der Waals surface area contributed by atoms with E-state index < -0.39 is 7.14 Å². The summed E-state index contributed by atoms with van der Waals surface area (Å²) in [6.07, 6.45) is 10.9. The Labute approximate surface area is 374 Å². The van der Waals surface area contributed by atoms with Crippen molar-refractivity contribution in [3.8, 4) is 0 Å². The molecular formula is C58H58N3OP. The summed E-state index contributed by atoms with van der Waals surface area (Å²) >= 11 is 0. The zero-order valence-corrected chi connectivity index (χ0v) is 38.4. The van der Waals surface area contributed by atoms with Crippen LogP contribution in [-0.4, -0.2) is 5.54 Å². The molecular weight excluding hydrogens is 786 g/mol. The van der Waals surface area contributed by atoms with Crippen molar-refractivity contribution >= 4 is 79.3 Å². The highest BCUT2D eigenvalue weighted by Gasteiger charge is 2.63. The van der Waals surface area contributed by atoms with Crippen LogP contribution in [0, 0.1) is 0 Å². The number of hydrogen-bond acceptors (Lipinski definition) is 4. The zero-order valence-electron chi connectivity index (χ0n) is 37.5. The first-order chi connectivity index (χ1) is 30.5. The van der Waals surface area contributed by atoms with Gasteiger partial charge >= 0.3 is 0 Å². The fourth-order valence-electron chi connectivity index (χ4n) is 12.7. The summed E-state index contributed by atoms with van der Waals surface area (Å²) in [5.74, 6) is 0.479. The van der Waals surface area contributed by atoms with E-state index in [1.807, 2.05) is 0 Å². The number of rotatable bonds is 5. The van der Waals surface area contributed by atoms with Crippen LogP contribution < -0.4 is 30.6 Å². The molecule has 7 aromatic carbocycles. The minimum Gasteiger partial charge on any atom is -0.333 e. The molecule has 2 aliphatic carbocycles. The fourth-order valence-corrected chi connectivity index (χ4v) is 16.0. The Hall–Kier alpha value is -5.57. The lowest BCUT2D eigenvalue weighted by Crippen LogP contribution is -2.57. The molecule has 3 aliphatic heterocycles. The van der Waals surface area contributed by atoms with Crippen LogP contribution in [0.5, 0.6) is 0 Å². The van der Waals surface area contributed by atoms with Crippen LogP contribution in [0.4, 0.5) is 45.5 Å². The summed E-state index contributed by atoms with van der Waals surface area (Å²) in [6, 6.07) is 54.0. The van der Waals surface area contributed by atoms with E-state index >= 15 is 4.57 Å². The summed E-state index contributed by atoms with van der Waals surface area (Å²) in [5.41, 5.74) is 12.8. The predicted octanol–water partition coefficient (Wildman–Crippen LogP) is 15.1. The van der Waals surface area contributed by atoms with E-state index in [2.05, 4.69) is 195 Å². The Kier molecular flexibility index (Phi) is 8.66. The van der Waals surface area contributed by atoms with E-state index in [0.29, 0.717) is 5.92 Å². The quantitative estimate of drug-likeness (QED) is 0.161. The summed E-state index contributed by atoms with van der Waals surface area (Å²) in [7, 11) is -3.43. The number of benzene rings is 7. The first kappa shape index (κ1) is 39.1. The number of anilines is 8. The molecule has 0 saturated heterocycles. The molecule has 3 atom stereocenters. The topological polar surface area (TPSA) is 26.8 Å². The highest BCUT2D eigenvalue weighted by atomic mass is 31.2. The molecule has 3 heterocycles. The lowest BCUT2D eigenvalue weighted by molar-refractivity contribution is 0.195. The van der Waals surface area contributed by atoms with Crippen molar-refractivity contribution in [1.29, 1.82) is 0 Å². The third-order valence-electron chi connectivity index (χ3n) is 16.2.